The molecule has 0 aliphatic heterocycles. The second-order valence-corrected chi connectivity index (χ2v) is 6.63. The third-order valence-electron chi connectivity index (χ3n) is 3.37. The molecule has 1 aromatic rings. The Morgan fingerprint density at radius 2 is 2.09 bits per heavy atom. The van der Waals surface area contributed by atoms with Crippen molar-refractivity contribution in [3.8, 4) is 11.8 Å². The van der Waals surface area contributed by atoms with Gasteiger partial charge in [-0.25, -0.2) is 4.79 Å². The number of rotatable bonds is 5. The Hall–Kier alpha value is -2.42. The molecule has 0 heterocycles. The number of nitriles is 1. The fraction of sp³-hybridized carbons (Fsp3) is 0.529. The third-order valence-corrected chi connectivity index (χ3v) is 3.37. The highest BCUT2D eigenvalue weighted by atomic mass is 16.6. The van der Waals surface area contributed by atoms with E-state index in [1.807, 2.05) is 51.1 Å². The van der Waals surface area contributed by atoms with Crippen molar-refractivity contribution in [2.24, 2.45) is 0 Å². The first-order chi connectivity index (χ1) is 10.9. The highest BCUT2D eigenvalue weighted by molar-refractivity contribution is 5.68. The van der Waals surface area contributed by atoms with Gasteiger partial charge < -0.3 is 20.1 Å². The van der Waals surface area contributed by atoms with Crippen LogP contribution < -0.4 is 15.4 Å². The lowest BCUT2D eigenvalue weighted by molar-refractivity contribution is 0.0475. The number of benzene rings is 1. The van der Waals surface area contributed by atoms with E-state index in [0.717, 1.165) is 18.5 Å². The lowest BCUT2D eigenvalue weighted by Gasteiger charge is -2.37. The zero-order valence-corrected chi connectivity index (χ0v) is 13.8. The number of alkyl carbamates (subject to hydrolysis) is 1. The van der Waals surface area contributed by atoms with Gasteiger partial charge in [0.15, 0.2) is 6.61 Å². The molecule has 1 amide bonds. The number of amides is 1. The standard InChI is InChI=1S/C17H23N3O3/c1-17(2,3)23-16(21)20-14-9-13(10-14)19-12-5-4-6-15(11-12)22-8-7-18/h4-6,11,13-14,19H,8-10H2,1-3H3,(H,20,21). The van der Waals surface area contributed by atoms with E-state index in [1.54, 1.807) is 0 Å². The molecular weight excluding hydrogens is 294 g/mol. The van der Waals surface area contributed by atoms with Crippen molar-refractivity contribution in [1.29, 1.82) is 5.26 Å². The zero-order valence-electron chi connectivity index (χ0n) is 13.8. The van der Waals surface area contributed by atoms with Crippen LogP contribution >= 0.6 is 0 Å². The lowest BCUT2D eigenvalue weighted by Crippen LogP contribution is -2.50. The fourth-order valence-electron chi connectivity index (χ4n) is 2.35. The van der Waals surface area contributed by atoms with Crippen LogP contribution in [0.2, 0.25) is 0 Å². The molecule has 6 nitrogen and oxygen atoms in total. The Kier molecular flexibility index (Phi) is 5.32. The molecule has 1 aliphatic rings. The number of hydrogen-bond acceptors (Lipinski definition) is 5. The quantitative estimate of drug-likeness (QED) is 0.872. The molecule has 0 aromatic heterocycles. The van der Waals surface area contributed by atoms with E-state index in [-0.39, 0.29) is 18.7 Å². The minimum atomic E-state index is -0.477. The summed E-state index contributed by atoms with van der Waals surface area (Å²) in [6, 6.07) is 9.90. The van der Waals surface area contributed by atoms with Crippen LogP contribution in [0.3, 0.4) is 0 Å². The van der Waals surface area contributed by atoms with Crippen molar-refractivity contribution in [1.82, 2.24) is 5.32 Å². The van der Waals surface area contributed by atoms with E-state index >= 15 is 0 Å². The topological polar surface area (TPSA) is 83.4 Å². The molecule has 1 aromatic carbocycles. The molecule has 2 rings (SSSR count). The summed E-state index contributed by atoms with van der Waals surface area (Å²) >= 11 is 0. The summed E-state index contributed by atoms with van der Waals surface area (Å²) in [4.78, 5) is 11.7. The van der Waals surface area contributed by atoms with E-state index in [4.69, 9.17) is 14.7 Å². The maximum Gasteiger partial charge on any atom is 0.407 e. The Morgan fingerprint density at radius 3 is 2.74 bits per heavy atom. The van der Waals surface area contributed by atoms with Gasteiger partial charge in [-0.05, 0) is 45.7 Å². The van der Waals surface area contributed by atoms with Crippen molar-refractivity contribution in [3.63, 3.8) is 0 Å². The van der Waals surface area contributed by atoms with E-state index in [1.165, 1.54) is 0 Å². The van der Waals surface area contributed by atoms with Crippen molar-refractivity contribution < 1.29 is 14.3 Å². The maximum atomic E-state index is 11.7. The summed E-state index contributed by atoms with van der Waals surface area (Å²) < 4.78 is 10.5. The highest BCUT2D eigenvalue weighted by Crippen LogP contribution is 2.26. The number of ether oxygens (including phenoxy) is 2. The van der Waals surface area contributed by atoms with Crippen LogP contribution in [0.1, 0.15) is 33.6 Å². The van der Waals surface area contributed by atoms with Gasteiger partial charge in [0.05, 0.1) is 0 Å². The summed E-state index contributed by atoms with van der Waals surface area (Å²) in [5, 5.41) is 14.8. The average Bonchev–Trinajstić information content (AvgIpc) is 2.41. The van der Waals surface area contributed by atoms with Crippen LogP contribution in [0.25, 0.3) is 0 Å². The zero-order chi connectivity index (χ0) is 16.9. The van der Waals surface area contributed by atoms with Crippen molar-refractivity contribution in [2.75, 3.05) is 11.9 Å². The molecule has 1 saturated carbocycles. The first-order valence-corrected chi connectivity index (χ1v) is 7.71. The van der Waals surface area contributed by atoms with Gasteiger partial charge in [-0.15, -0.1) is 0 Å². The van der Waals surface area contributed by atoms with Gasteiger partial charge in [0.1, 0.15) is 17.4 Å². The van der Waals surface area contributed by atoms with Crippen LogP contribution in [0.5, 0.6) is 5.75 Å². The molecular formula is C17H23N3O3. The molecule has 124 valence electrons. The predicted molar refractivity (Wildman–Crippen MR) is 87.4 cm³/mol. The second-order valence-electron chi connectivity index (χ2n) is 6.63. The molecule has 0 radical (unpaired) electrons. The van der Waals surface area contributed by atoms with E-state index in [2.05, 4.69) is 10.6 Å². The van der Waals surface area contributed by atoms with Crippen molar-refractivity contribution in [3.05, 3.63) is 24.3 Å². The largest absolute Gasteiger partial charge is 0.479 e. The smallest absolute Gasteiger partial charge is 0.407 e. The normalized spacial score (nSPS) is 19.9. The molecule has 6 heteroatoms. The first kappa shape index (κ1) is 16.9. The van der Waals surface area contributed by atoms with E-state index in [0.29, 0.717) is 11.8 Å². The predicted octanol–water partition coefficient (Wildman–Crippen LogP) is 3.06. The number of hydrogen-bond donors (Lipinski definition) is 2. The minimum absolute atomic E-state index is 0.0365. The molecule has 2 N–H and O–H groups in total. The molecule has 0 spiro atoms. The first-order valence-electron chi connectivity index (χ1n) is 7.71. The van der Waals surface area contributed by atoms with Crippen LogP contribution in [0.15, 0.2) is 24.3 Å². The summed E-state index contributed by atoms with van der Waals surface area (Å²) in [7, 11) is 0. The van der Waals surface area contributed by atoms with Gasteiger partial charge in [-0.2, -0.15) is 5.26 Å². The number of anilines is 1. The van der Waals surface area contributed by atoms with Crippen LogP contribution in [-0.2, 0) is 4.74 Å². The molecule has 1 aliphatic carbocycles. The summed E-state index contributed by atoms with van der Waals surface area (Å²) in [6.07, 6.45) is 1.33. The Balaban J connectivity index is 1.74. The highest BCUT2D eigenvalue weighted by Gasteiger charge is 2.31. The van der Waals surface area contributed by atoms with Crippen molar-refractivity contribution >= 4 is 11.8 Å². The van der Waals surface area contributed by atoms with Gasteiger partial charge in [-0.3, -0.25) is 0 Å². The molecule has 0 atom stereocenters. The third kappa shape index (κ3) is 5.70. The number of nitrogens with one attached hydrogen (secondary N) is 2. The summed E-state index contributed by atoms with van der Waals surface area (Å²) in [6.45, 7) is 5.58. The van der Waals surface area contributed by atoms with E-state index < -0.39 is 5.60 Å². The van der Waals surface area contributed by atoms with Crippen LogP contribution in [0.4, 0.5) is 10.5 Å². The number of carbonyl (C=O) groups is 1. The van der Waals surface area contributed by atoms with Gasteiger partial charge in [-0.1, -0.05) is 6.07 Å². The number of carbonyl (C=O) groups excluding carboxylic acids is 1. The fourth-order valence-corrected chi connectivity index (χ4v) is 2.35. The lowest BCUT2D eigenvalue weighted by atomic mass is 9.86. The molecule has 23 heavy (non-hydrogen) atoms. The van der Waals surface area contributed by atoms with E-state index in [9.17, 15) is 4.79 Å². The minimum Gasteiger partial charge on any atom is -0.479 e. The molecule has 1 fully saturated rings. The summed E-state index contributed by atoms with van der Waals surface area (Å²) in [5.41, 5.74) is 0.469. The maximum absolute atomic E-state index is 11.7. The molecule has 0 bridgehead atoms. The van der Waals surface area contributed by atoms with Crippen molar-refractivity contribution in [2.45, 2.75) is 51.3 Å². The van der Waals surface area contributed by atoms with Gasteiger partial charge in [0.2, 0.25) is 0 Å². The van der Waals surface area contributed by atoms with Gasteiger partial charge in [0.25, 0.3) is 0 Å². The Labute approximate surface area is 136 Å². The summed E-state index contributed by atoms with van der Waals surface area (Å²) in [5.74, 6) is 0.666. The average molecular weight is 317 g/mol. The van der Waals surface area contributed by atoms with Crippen LogP contribution in [-0.4, -0.2) is 30.4 Å². The SMILES string of the molecule is CC(C)(C)OC(=O)NC1CC(Nc2cccc(OCC#N)c2)C1. The molecule has 0 unspecified atom stereocenters. The monoisotopic (exact) mass is 317 g/mol. The second kappa shape index (κ2) is 7.23. The number of nitrogens with zero attached hydrogens (tertiary/aromatic N) is 1. The van der Waals surface area contributed by atoms with Gasteiger partial charge >= 0.3 is 6.09 Å². The Morgan fingerprint density at radius 1 is 1.35 bits per heavy atom. The molecule has 0 saturated heterocycles. The van der Waals surface area contributed by atoms with Gasteiger partial charge in [0, 0.05) is 23.8 Å². The Bertz CT molecular complexity index is 583. The van der Waals surface area contributed by atoms with Crippen LogP contribution in [0, 0.1) is 11.3 Å².